The number of imidazole rings is 1. The van der Waals surface area contributed by atoms with Gasteiger partial charge in [0.2, 0.25) is 5.95 Å². The Morgan fingerprint density at radius 3 is 2.46 bits per heavy atom. The standard InChI is InChI=1S/C17H16N4O3/c1-11-7-9-12(10-8-11)18-16(22)21-14-6-4-3-5-13(14)19-15(21)20-17(23)24-2/h3-10H,1-2H3,(H,18,22)(H,19,20,23). The van der Waals surface area contributed by atoms with Crippen molar-refractivity contribution in [3.63, 3.8) is 0 Å². The highest BCUT2D eigenvalue weighted by Gasteiger charge is 2.18. The molecule has 0 aliphatic heterocycles. The lowest BCUT2D eigenvalue weighted by Gasteiger charge is -2.10. The Kier molecular flexibility index (Phi) is 4.15. The number of carbonyl (C=O) groups excluding carboxylic acids is 2. The smallest absolute Gasteiger partial charge is 0.413 e. The molecule has 0 atom stereocenters. The first kappa shape index (κ1) is 15.5. The van der Waals surface area contributed by atoms with E-state index in [1.165, 1.54) is 11.7 Å². The second kappa shape index (κ2) is 6.41. The molecule has 3 aromatic rings. The van der Waals surface area contributed by atoms with Crippen LogP contribution in [0.3, 0.4) is 0 Å². The number of para-hydroxylation sites is 2. The number of fused-ring (bicyclic) bond motifs is 1. The molecule has 0 unspecified atom stereocenters. The van der Waals surface area contributed by atoms with Gasteiger partial charge in [-0.25, -0.2) is 19.1 Å². The molecular formula is C17H16N4O3. The number of rotatable bonds is 2. The molecule has 0 radical (unpaired) electrons. The fourth-order valence-electron chi connectivity index (χ4n) is 2.27. The van der Waals surface area contributed by atoms with Crippen LogP contribution >= 0.6 is 0 Å². The number of methoxy groups -OCH3 is 1. The van der Waals surface area contributed by atoms with E-state index in [2.05, 4.69) is 20.4 Å². The molecule has 0 spiro atoms. The van der Waals surface area contributed by atoms with Crippen LogP contribution in [0.5, 0.6) is 0 Å². The Labute approximate surface area is 138 Å². The monoisotopic (exact) mass is 324 g/mol. The van der Waals surface area contributed by atoms with Gasteiger partial charge in [-0.15, -0.1) is 0 Å². The Morgan fingerprint density at radius 2 is 1.75 bits per heavy atom. The molecule has 0 saturated heterocycles. The molecule has 0 aliphatic rings. The molecule has 7 nitrogen and oxygen atoms in total. The summed E-state index contributed by atoms with van der Waals surface area (Å²) in [5.74, 6) is 0.0904. The first-order valence-corrected chi connectivity index (χ1v) is 7.29. The van der Waals surface area contributed by atoms with Crippen LogP contribution in [0.25, 0.3) is 11.0 Å². The van der Waals surface area contributed by atoms with Gasteiger partial charge in [0.15, 0.2) is 0 Å². The van der Waals surface area contributed by atoms with Gasteiger partial charge in [0, 0.05) is 5.69 Å². The first-order chi connectivity index (χ1) is 11.6. The van der Waals surface area contributed by atoms with Crippen LogP contribution in [0.1, 0.15) is 5.56 Å². The van der Waals surface area contributed by atoms with Crippen molar-refractivity contribution < 1.29 is 14.3 Å². The molecule has 1 aromatic heterocycles. The number of nitrogens with one attached hydrogen (secondary N) is 2. The Balaban J connectivity index is 1.99. The van der Waals surface area contributed by atoms with E-state index in [4.69, 9.17) is 0 Å². The van der Waals surface area contributed by atoms with Crippen LogP contribution in [0.15, 0.2) is 48.5 Å². The van der Waals surface area contributed by atoms with Crippen molar-refractivity contribution in [2.24, 2.45) is 0 Å². The number of ether oxygens (including phenoxy) is 1. The van der Waals surface area contributed by atoms with Gasteiger partial charge in [-0.3, -0.25) is 5.32 Å². The number of carbonyl (C=O) groups is 2. The molecule has 2 N–H and O–H groups in total. The molecular weight excluding hydrogens is 308 g/mol. The summed E-state index contributed by atoms with van der Waals surface area (Å²) in [7, 11) is 1.24. The maximum absolute atomic E-state index is 12.7. The molecule has 2 aromatic carbocycles. The second-order valence-electron chi connectivity index (χ2n) is 5.17. The minimum absolute atomic E-state index is 0.0904. The van der Waals surface area contributed by atoms with Gasteiger partial charge in [-0.1, -0.05) is 29.8 Å². The zero-order valence-corrected chi connectivity index (χ0v) is 13.2. The quantitative estimate of drug-likeness (QED) is 0.754. The van der Waals surface area contributed by atoms with E-state index in [-0.39, 0.29) is 5.95 Å². The molecule has 0 aliphatic carbocycles. The van der Waals surface area contributed by atoms with E-state index in [9.17, 15) is 9.59 Å². The number of aryl methyl sites for hydroxylation is 1. The van der Waals surface area contributed by atoms with E-state index in [1.807, 2.05) is 19.1 Å². The number of aromatic nitrogens is 2. The fraction of sp³-hybridized carbons (Fsp3) is 0.118. The number of anilines is 2. The molecule has 122 valence electrons. The maximum Gasteiger partial charge on any atom is 0.413 e. The number of amides is 2. The summed E-state index contributed by atoms with van der Waals surface area (Å²) in [6.45, 7) is 1.97. The van der Waals surface area contributed by atoms with Crippen molar-refractivity contribution in [2.45, 2.75) is 6.92 Å². The Bertz CT molecular complexity index is 900. The zero-order chi connectivity index (χ0) is 17.1. The fourth-order valence-corrected chi connectivity index (χ4v) is 2.27. The zero-order valence-electron chi connectivity index (χ0n) is 13.2. The summed E-state index contributed by atoms with van der Waals surface area (Å²) in [5, 5.41) is 5.24. The molecule has 0 fully saturated rings. The third-order valence-corrected chi connectivity index (χ3v) is 3.47. The third kappa shape index (κ3) is 3.05. The average molecular weight is 324 g/mol. The highest BCUT2D eigenvalue weighted by atomic mass is 16.5. The molecule has 2 amide bonds. The average Bonchev–Trinajstić information content (AvgIpc) is 2.94. The summed E-state index contributed by atoms with van der Waals surface area (Å²) in [4.78, 5) is 28.5. The lowest BCUT2D eigenvalue weighted by Crippen LogP contribution is -2.23. The number of hydrogen-bond donors (Lipinski definition) is 2. The molecule has 7 heteroatoms. The van der Waals surface area contributed by atoms with E-state index < -0.39 is 12.1 Å². The SMILES string of the molecule is COC(=O)Nc1nc2ccccc2n1C(=O)Nc1ccc(C)cc1. The van der Waals surface area contributed by atoms with Gasteiger partial charge in [0.05, 0.1) is 18.1 Å². The van der Waals surface area contributed by atoms with Gasteiger partial charge in [-0.05, 0) is 31.2 Å². The number of nitrogens with zero attached hydrogens (tertiary/aromatic N) is 2. The molecule has 0 saturated carbocycles. The molecule has 1 heterocycles. The molecule has 3 rings (SSSR count). The van der Waals surface area contributed by atoms with E-state index in [0.29, 0.717) is 16.7 Å². The Hall–Kier alpha value is -3.35. The summed E-state index contributed by atoms with van der Waals surface area (Å²) >= 11 is 0. The Morgan fingerprint density at radius 1 is 1.04 bits per heavy atom. The van der Waals surface area contributed by atoms with Gasteiger partial charge >= 0.3 is 12.1 Å². The van der Waals surface area contributed by atoms with E-state index in [0.717, 1.165) is 5.56 Å². The second-order valence-corrected chi connectivity index (χ2v) is 5.17. The van der Waals surface area contributed by atoms with Crippen LogP contribution in [0, 0.1) is 6.92 Å². The van der Waals surface area contributed by atoms with Crippen LogP contribution in [-0.4, -0.2) is 28.8 Å². The lowest BCUT2D eigenvalue weighted by molar-refractivity contribution is 0.186. The number of benzene rings is 2. The molecule has 24 heavy (non-hydrogen) atoms. The van der Waals surface area contributed by atoms with Crippen molar-refractivity contribution in [3.8, 4) is 0 Å². The molecule has 0 bridgehead atoms. The number of hydrogen-bond acceptors (Lipinski definition) is 4. The normalized spacial score (nSPS) is 10.4. The largest absolute Gasteiger partial charge is 0.453 e. The van der Waals surface area contributed by atoms with E-state index in [1.54, 1.807) is 36.4 Å². The minimum Gasteiger partial charge on any atom is -0.453 e. The predicted octanol–water partition coefficient (Wildman–Crippen LogP) is 3.60. The highest BCUT2D eigenvalue weighted by Crippen LogP contribution is 2.20. The van der Waals surface area contributed by atoms with Crippen LogP contribution in [-0.2, 0) is 4.74 Å². The van der Waals surface area contributed by atoms with Gasteiger partial charge in [0.25, 0.3) is 0 Å². The summed E-state index contributed by atoms with van der Waals surface area (Å²) < 4.78 is 5.88. The van der Waals surface area contributed by atoms with Crippen LogP contribution in [0.4, 0.5) is 21.2 Å². The van der Waals surface area contributed by atoms with Gasteiger partial charge < -0.3 is 10.1 Å². The maximum atomic E-state index is 12.7. The van der Waals surface area contributed by atoms with E-state index >= 15 is 0 Å². The van der Waals surface area contributed by atoms with Crippen molar-refractivity contribution >= 4 is 34.8 Å². The van der Waals surface area contributed by atoms with Crippen molar-refractivity contribution in [2.75, 3.05) is 17.7 Å². The van der Waals surface area contributed by atoms with Gasteiger partial charge in [0.1, 0.15) is 0 Å². The highest BCUT2D eigenvalue weighted by molar-refractivity contribution is 6.01. The summed E-state index contributed by atoms with van der Waals surface area (Å²) in [6, 6.07) is 14.1. The first-order valence-electron chi connectivity index (χ1n) is 7.29. The van der Waals surface area contributed by atoms with Crippen molar-refractivity contribution in [3.05, 3.63) is 54.1 Å². The summed E-state index contributed by atoms with van der Waals surface area (Å²) in [5.41, 5.74) is 2.90. The van der Waals surface area contributed by atoms with Crippen molar-refractivity contribution in [1.29, 1.82) is 0 Å². The topological polar surface area (TPSA) is 85.2 Å². The van der Waals surface area contributed by atoms with Gasteiger partial charge in [-0.2, -0.15) is 0 Å². The minimum atomic E-state index is -0.699. The van der Waals surface area contributed by atoms with Crippen LogP contribution < -0.4 is 10.6 Å². The van der Waals surface area contributed by atoms with Crippen LogP contribution in [0.2, 0.25) is 0 Å². The third-order valence-electron chi connectivity index (χ3n) is 3.47. The summed E-state index contributed by atoms with van der Waals surface area (Å²) in [6.07, 6.45) is -0.699. The predicted molar refractivity (Wildman–Crippen MR) is 91.4 cm³/mol. The lowest BCUT2D eigenvalue weighted by atomic mass is 10.2. The van der Waals surface area contributed by atoms with Crippen molar-refractivity contribution in [1.82, 2.24) is 9.55 Å².